The molecule has 0 fully saturated rings. The van der Waals surface area contributed by atoms with Crippen molar-refractivity contribution in [2.24, 2.45) is 5.10 Å². The minimum absolute atomic E-state index is 0.0401. The number of esters is 1. The topological polar surface area (TPSA) is 130 Å². The predicted octanol–water partition coefficient (Wildman–Crippen LogP) is 2.41. The van der Waals surface area contributed by atoms with Crippen molar-refractivity contribution in [2.75, 3.05) is 16.9 Å². The summed E-state index contributed by atoms with van der Waals surface area (Å²) in [5.41, 5.74) is 1.38. The van der Waals surface area contributed by atoms with Crippen LogP contribution >= 0.6 is 0 Å². The van der Waals surface area contributed by atoms with Gasteiger partial charge in [0, 0.05) is 12.8 Å². The second-order valence-corrected chi connectivity index (χ2v) is 6.98. The number of hydrogen-bond donors (Lipinski definition) is 1. The first-order chi connectivity index (χ1) is 16.1. The minimum atomic E-state index is -0.796. The van der Waals surface area contributed by atoms with Crippen LogP contribution in [0.3, 0.4) is 0 Å². The molecule has 1 aliphatic rings. The zero-order valence-corrected chi connectivity index (χ0v) is 17.3. The molecule has 0 unspecified atom stereocenters. The summed E-state index contributed by atoms with van der Waals surface area (Å²) in [5.74, 6) is -1.52. The molecule has 4 rings (SSSR count). The van der Waals surface area contributed by atoms with E-state index in [1.165, 1.54) is 10.9 Å². The molecule has 1 aromatic heterocycles. The molecule has 0 bridgehead atoms. The maximum atomic E-state index is 12.5. The lowest BCUT2D eigenvalue weighted by atomic mass is 10.1. The Bertz CT molecular complexity index is 1260. The van der Waals surface area contributed by atoms with E-state index >= 15 is 0 Å². The van der Waals surface area contributed by atoms with Crippen molar-refractivity contribution in [3.63, 3.8) is 0 Å². The molecular weight excluding hydrogens is 424 g/mol. The Balaban J connectivity index is 1.43. The van der Waals surface area contributed by atoms with Gasteiger partial charge in [0.1, 0.15) is 17.3 Å². The number of aromatic nitrogens is 2. The number of benzene rings is 2. The largest absolute Gasteiger partial charge is 0.451 e. The van der Waals surface area contributed by atoms with E-state index in [0.717, 1.165) is 5.01 Å². The highest BCUT2D eigenvalue weighted by Crippen LogP contribution is 2.21. The molecule has 10 heteroatoms. The summed E-state index contributed by atoms with van der Waals surface area (Å²) in [6.45, 7) is -0.595. The van der Waals surface area contributed by atoms with Crippen molar-refractivity contribution in [1.82, 2.24) is 9.78 Å². The Morgan fingerprint density at radius 3 is 2.36 bits per heavy atom. The van der Waals surface area contributed by atoms with E-state index in [0.29, 0.717) is 11.4 Å². The van der Waals surface area contributed by atoms with Gasteiger partial charge in [-0.3, -0.25) is 9.59 Å². The smallest absolute Gasteiger partial charge is 0.355 e. The molecule has 164 valence electrons. The van der Waals surface area contributed by atoms with E-state index in [1.54, 1.807) is 54.6 Å². The van der Waals surface area contributed by atoms with Crippen LogP contribution in [0.1, 0.15) is 18.4 Å². The molecule has 0 radical (unpaired) electrons. The van der Waals surface area contributed by atoms with E-state index < -0.39 is 18.5 Å². The minimum Gasteiger partial charge on any atom is -0.451 e. The third kappa shape index (κ3) is 4.77. The summed E-state index contributed by atoms with van der Waals surface area (Å²) in [6, 6.07) is 19.6. The molecule has 10 nitrogen and oxygen atoms in total. The second-order valence-electron chi connectivity index (χ2n) is 6.98. The molecule has 1 N–H and O–H groups in total. The molecular formula is C23H18N6O4. The highest BCUT2D eigenvalue weighted by atomic mass is 16.5. The lowest BCUT2D eigenvalue weighted by Gasteiger charge is -2.22. The first-order valence-corrected chi connectivity index (χ1v) is 10.0. The zero-order valence-electron chi connectivity index (χ0n) is 17.3. The van der Waals surface area contributed by atoms with Gasteiger partial charge in [0.15, 0.2) is 12.4 Å². The van der Waals surface area contributed by atoms with Gasteiger partial charge in [-0.25, -0.2) is 14.5 Å². The number of nitrogens with one attached hydrogen (secondary N) is 1. The number of carbonyl (C=O) groups is 3. The van der Waals surface area contributed by atoms with Gasteiger partial charge in [0.05, 0.1) is 17.6 Å². The van der Waals surface area contributed by atoms with Crippen LogP contribution in [0.15, 0.2) is 72.0 Å². The summed E-state index contributed by atoms with van der Waals surface area (Å²) >= 11 is 0. The molecule has 0 spiro atoms. The number of rotatable bonds is 6. The third-order valence-corrected chi connectivity index (χ3v) is 4.75. The quantitative estimate of drug-likeness (QED) is 0.584. The number of nitriles is 1. The summed E-state index contributed by atoms with van der Waals surface area (Å²) in [7, 11) is 0. The van der Waals surface area contributed by atoms with Gasteiger partial charge in [0.2, 0.25) is 5.91 Å². The van der Waals surface area contributed by atoms with Gasteiger partial charge in [-0.2, -0.15) is 15.5 Å². The average Bonchev–Trinajstić information content (AvgIpc) is 3.26. The monoisotopic (exact) mass is 442 g/mol. The lowest BCUT2D eigenvalue weighted by Crippen LogP contribution is -2.35. The molecule has 3 aromatic rings. The maximum absolute atomic E-state index is 12.5. The second kappa shape index (κ2) is 9.57. The number of anilines is 2. The van der Waals surface area contributed by atoms with Gasteiger partial charge in [-0.15, -0.1) is 0 Å². The van der Waals surface area contributed by atoms with Gasteiger partial charge in [0.25, 0.3) is 5.91 Å². The third-order valence-electron chi connectivity index (χ3n) is 4.75. The molecule has 33 heavy (non-hydrogen) atoms. The Morgan fingerprint density at radius 2 is 1.70 bits per heavy atom. The number of ether oxygens (including phenoxy) is 1. The van der Waals surface area contributed by atoms with E-state index in [2.05, 4.69) is 15.5 Å². The van der Waals surface area contributed by atoms with Crippen molar-refractivity contribution in [2.45, 2.75) is 12.8 Å². The van der Waals surface area contributed by atoms with Crippen molar-refractivity contribution in [1.29, 1.82) is 5.26 Å². The molecule has 0 aliphatic carbocycles. The van der Waals surface area contributed by atoms with E-state index in [-0.39, 0.29) is 35.8 Å². The van der Waals surface area contributed by atoms with Crippen molar-refractivity contribution < 1.29 is 19.1 Å². The number of amides is 2. The van der Waals surface area contributed by atoms with Crippen LogP contribution in [0.4, 0.5) is 11.5 Å². The predicted molar refractivity (Wildman–Crippen MR) is 118 cm³/mol. The van der Waals surface area contributed by atoms with E-state index in [9.17, 15) is 19.6 Å². The normalized spacial score (nSPS) is 13.1. The molecule has 0 saturated heterocycles. The Kier molecular flexibility index (Phi) is 6.22. The average molecular weight is 442 g/mol. The van der Waals surface area contributed by atoms with Crippen LogP contribution in [0.5, 0.6) is 0 Å². The number of hydrogen-bond acceptors (Lipinski definition) is 7. The van der Waals surface area contributed by atoms with Crippen molar-refractivity contribution in [3.8, 4) is 11.8 Å². The van der Waals surface area contributed by atoms with Gasteiger partial charge < -0.3 is 10.1 Å². The van der Waals surface area contributed by atoms with Crippen LogP contribution < -0.4 is 10.3 Å². The highest BCUT2D eigenvalue weighted by molar-refractivity contribution is 6.38. The SMILES string of the molecule is N#Cc1cnn(-c2ccccc2)c1NC(=O)COC(=O)C1=NN(c2ccccc2)C(=O)CC1. The highest BCUT2D eigenvalue weighted by Gasteiger charge is 2.27. The van der Waals surface area contributed by atoms with Crippen LogP contribution in [-0.2, 0) is 19.1 Å². The Labute approximate surface area is 188 Å². The maximum Gasteiger partial charge on any atom is 0.355 e. The van der Waals surface area contributed by atoms with Crippen LogP contribution in [0, 0.1) is 11.3 Å². The zero-order chi connectivity index (χ0) is 23.2. The fourth-order valence-corrected chi connectivity index (χ4v) is 3.17. The van der Waals surface area contributed by atoms with E-state index in [4.69, 9.17) is 4.74 Å². The lowest BCUT2D eigenvalue weighted by molar-refractivity contribution is -0.140. The van der Waals surface area contributed by atoms with E-state index in [1.807, 2.05) is 12.1 Å². The van der Waals surface area contributed by atoms with Gasteiger partial charge >= 0.3 is 5.97 Å². The number of hydrazone groups is 1. The summed E-state index contributed by atoms with van der Waals surface area (Å²) in [4.78, 5) is 37.1. The molecule has 2 heterocycles. The summed E-state index contributed by atoms with van der Waals surface area (Å²) in [6.07, 6.45) is 1.54. The van der Waals surface area contributed by atoms with Crippen molar-refractivity contribution in [3.05, 3.63) is 72.4 Å². The molecule has 2 aromatic carbocycles. The number of para-hydroxylation sites is 2. The van der Waals surface area contributed by atoms with Crippen LogP contribution in [-0.4, -0.2) is 39.9 Å². The number of nitrogens with zero attached hydrogens (tertiary/aromatic N) is 5. The summed E-state index contributed by atoms with van der Waals surface area (Å²) in [5, 5.41) is 21.3. The van der Waals surface area contributed by atoms with Crippen LogP contribution in [0.2, 0.25) is 0 Å². The molecule has 1 aliphatic heterocycles. The molecule has 0 saturated carbocycles. The first kappa shape index (κ1) is 21.5. The van der Waals surface area contributed by atoms with Crippen molar-refractivity contribution >= 4 is 35.0 Å². The van der Waals surface area contributed by atoms with Crippen LogP contribution in [0.25, 0.3) is 5.69 Å². The fraction of sp³-hybridized carbons (Fsp3) is 0.130. The molecule has 0 atom stereocenters. The fourth-order valence-electron chi connectivity index (χ4n) is 3.17. The molecule has 2 amide bonds. The number of carbonyl (C=O) groups excluding carboxylic acids is 3. The Morgan fingerprint density at radius 1 is 1.03 bits per heavy atom. The first-order valence-electron chi connectivity index (χ1n) is 10.0. The van der Waals surface area contributed by atoms with Gasteiger partial charge in [-0.05, 0) is 24.3 Å². The van der Waals surface area contributed by atoms with Gasteiger partial charge in [-0.1, -0.05) is 36.4 Å². The Hall–Kier alpha value is -4.78. The standard InChI is InChI=1S/C23H18N6O4/c24-13-16-14-25-29(18-9-5-2-6-10-18)22(16)26-20(30)15-33-23(32)19-11-12-21(31)28(27-19)17-7-3-1-4-8-17/h1-10,14H,11-12,15H2,(H,26,30). The summed E-state index contributed by atoms with van der Waals surface area (Å²) < 4.78 is 6.51.